The van der Waals surface area contributed by atoms with Crippen LogP contribution in [-0.4, -0.2) is 19.2 Å². The fraction of sp³-hybridized carbons (Fsp3) is 0.588. The molecule has 0 bridgehead atoms. The van der Waals surface area contributed by atoms with Crippen LogP contribution in [0.15, 0.2) is 24.3 Å². The minimum absolute atomic E-state index is 0.443. The van der Waals surface area contributed by atoms with E-state index in [0.29, 0.717) is 11.5 Å². The fourth-order valence-corrected chi connectivity index (χ4v) is 2.86. The highest BCUT2D eigenvalue weighted by Crippen LogP contribution is 2.34. The zero-order valence-corrected chi connectivity index (χ0v) is 13.2. The molecule has 1 amide bonds. The standard InChI is InChI=1S/C17H26N2O2/c1-17(2)11-4-5-13(10-12-17)18-14-6-8-15(9-7-14)19-16(20)21-3/h6-9,13,18H,4-5,10-12H2,1-3H3,(H,19,20). The van der Waals surface area contributed by atoms with Gasteiger partial charge in [-0.15, -0.1) is 0 Å². The van der Waals surface area contributed by atoms with Gasteiger partial charge in [0.05, 0.1) is 7.11 Å². The van der Waals surface area contributed by atoms with Crippen molar-refractivity contribution < 1.29 is 9.53 Å². The van der Waals surface area contributed by atoms with Gasteiger partial charge >= 0.3 is 6.09 Å². The zero-order valence-electron chi connectivity index (χ0n) is 13.2. The molecule has 2 N–H and O–H groups in total. The van der Waals surface area contributed by atoms with Gasteiger partial charge in [-0.05, 0) is 55.4 Å². The van der Waals surface area contributed by atoms with Gasteiger partial charge in [-0.25, -0.2) is 4.79 Å². The van der Waals surface area contributed by atoms with Gasteiger partial charge < -0.3 is 10.1 Å². The molecule has 21 heavy (non-hydrogen) atoms. The van der Waals surface area contributed by atoms with Crippen molar-refractivity contribution in [2.75, 3.05) is 17.7 Å². The summed E-state index contributed by atoms with van der Waals surface area (Å²) < 4.78 is 4.57. The molecule has 1 fully saturated rings. The number of anilines is 2. The molecule has 0 aliphatic heterocycles. The Morgan fingerprint density at radius 1 is 1.14 bits per heavy atom. The first-order valence-electron chi connectivity index (χ1n) is 7.70. The van der Waals surface area contributed by atoms with Crippen LogP contribution in [0.4, 0.5) is 16.2 Å². The van der Waals surface area contributed by atoms with Crippen molar-refractivity contribution in [3.8, 4) is 0 Å². The topological polar surface area (TPSA) is 50.4 Å². The maximum Gasteiger partial charge on any atom is 0.411 e. The number of benzene rings is 1. The SMILES string of the molecule is COC(=O)Nc1ccc(NC2CCCC(C)(C)CC2)cc1. The molecule has 1 aromatic carbocycles. The van der Waals surface area contributed by atoms with E-state index in [0.717, 1.165) is 11.4 Å². The van der Waals surface area contributed by atoms with E-state index in [-0.39, 0.29) is 0 Å². The molecule has 1 atom stereocenters. The lowest BCUT2D eigenvalue weighted by Gasteiger charge is -2.22. The molecule has 0 aromatic heterocycles. The minimum Gasteiger partial charge on any atom is -0.453 e. The highest BCUT2D eigenvalue weighted by atomic mass is 16.5. The lowest BCUT2D eigenvalue weighted by Crippen LogP contribution is -2.19. The summed E-state index contributed by atoms with van der Waals surface area (Å²) in [6, 6.07) is 8.33. The predicted molar refractivity (Wildman–Crippen MR) is 86.7 cm³/mol. The number of hydrogen-bond donors (Lipinski definition) is 2. The van der Waals surface area contributed by atoms with E-state index >= 15 is 0 Å². The van der Waals surface area contributed by atoms with Crippen LogP contribution < -0.4 is 10.6 Å². The minimum atomic E-state index is -0.443. The summed E-state index contributed by atoms with van der Waals surface area (Å²) in [5.41, 5.74) is 2.33. The first-order valence-corrected chi connectivity index (χ1v) is 7.70. The highest BCUT2D eigenvalue weighted by Gasteiger charge is 2.24. The summed E-state index contributed by atoms with van der Waals surface area (Å²) in [5.74, 6) is 0. The molecule has 0 heterocycles. The number of carbonyl (C=O) groups excluding carboxylic acids is 1. The summed E-state index contributed by atoms with van der Waals surface area (Å²) in [4.78, 5) is 11.1. The van der Waals surface area contributed by atoms with Crippen LogP contribution in [0.25, 0.3) is 0 Å². The Labute approximate surface area is 127 Å². The number of carbonyl (C=O) groups is 1. The molecule has 1 aromatic rings. The number of methoxy groups -OCH3 is 1. The molecule has 1 aliphatic carbocycles. The van der Waals surface area contributed by atoms with Gasteiger partial charge in [0.25, 0.3) is 0 Å². The van der Waals surface area contributed by atoms with Crippen LogP contribution >= 0.6 is 0 Å². The smallest absolute Gasteiger partial charge is 0.411 e. The van der Waals surface area contributed by atoms with Gasteiger partial charge in [0, 0.05) is 17.4 Å². The maximum atomic E-state index is 11.1. The third-order valence-electron chi connectivity index (χ3n) is 4.26. The first kappa shape index (κ1) is 15.7. The zero-order chi connectivity index (χ0) is 15.3. The normalized spacial score (nSPS) is 21.2. The third-order valence-corrected chi connectivity index (χ3v) is 4.26. The van der Waals surface area contributed by atoms with Crippen molar-refractivity contribution in [3.63, 3.8) is 0 Å². The average Bonchev–Trinajstić information content (AvgIpc) is 2.62. The van der Waals surface area contributed by atoms with E-state index in [2.05, 4.69) is 29.2 Å². The number of nitrogens with one attached hydrogen (secondary N) is 2. The van der Waals surface area contributed by atoms with Crippen molar-refractivity contribution >= 4 is 17.5 Å². The summed E-state index contributed by atoms with van der Waals surface area (Å²) in [6.07, 6.45) is 5.87. The summed E-state index contributed by atoms with van der Waals surface area (Å²) in [6.45, 7) is 4.73. The molecule has 1 saturated carbocycles. The van der Waals surface area contributed by atoms with E-state index < -0.39 is 6.09 Å². The van der Waals surface area contributed by atoms with Crippen LogP contribution in [0.1, 0.15) is 46.0 Å². The van der Waals surface area contributed by atoms with E-state index in [1.54, 1.807) is 0 Å². The number of amides is 1. The van der Waals surface area contributed by atoms with Crippen molar-refractivity contribution in [2.24, 2.45) is 5.41 Å². The number of hydrogen-bond acceptors (Lipinski definition) is 3. The molecule has 4 heteroatoms. The number of rotatable bonds is 3. The lowest BCUT2D eigenvalue weighted by atomic mass is 9.85. The second-order valence-electron chi connectivity index (χ2n) is 6.63. The predicted octanol–water partition coefficient (Wildman–Crippen LogP) is 4.64. The van der Waals surface area contributed by atoms with Crippen molar-refractivity contribution in [1.29, 1.82) is 0 Å². The Hall–Kier alpha value is -1.71. The largest absolute Gasteiger partial charge is 0.453 e. The van der Waals surface area contributed by atoms with E-state index in [9.17, 15) is 4.79 Å². The van der Waals surface area contributed by atoms with Gasteiger partial charge in [0.1, 0.15) is 0 Å². The Morgan fingerprint density at radius 2 is 1.81 bits per heavy atom. The molecule has 0 spiro atoms. The Balaban J connectivity index is 1.89. The summed E-state index contributed by atoms with van der Waals surface area (Å²) in [5, 5.41) is 6.26. The van der Waals surface area contributed by atoms with Gasteiger partial charge in [0.15, 0.2) is 0 Å². The van der Waals surface area contributed by atoms with Crippen LogP contribution in [-0.2, 0) is 4.74 Å². The molecule has 0 saturated heterocycles. The third kappa shape index (κ3) is 4.96. The van der Waals surface area contributed by atoms with Gasteiger partial charge in [-0.1, -0.05) is 20.3 Å². The molecule has 1 unspecified atom stereocenters. The Kier molecular flexibility index (Phi) is 5.10. The van der Waals surface area contributed by atoms with Crippen molar-refractivity contribution in [2.45, 2.75) is 52.0 Å². The Bertz CT molecular complexity index is 468. The molecule has 116 valence electrons. The van der Waals surface area contributed by atoms with Gasteiger partial charge in [-0.3, -0.25) is 5.32 Å². The lowest BCUT2D eigenvalue weighted by molar-refractivity contribution is 0.187. The monoisotopic (exact) mass is 290 g/mol. The van der Waals surface area contributed by atoms with Crippen LogP contribution in [0.2, 0.25) is 0 Å². The molecule has 4 nitrogen and oxygen atoms in total. The molecule has 0 radical (unpaired) electrons. The van der Waals surface area contributed by atoms with Crippen LogP contribution in [0.5, 0.6) is 0 Å². The van der Waals surface area contributed by atoms with Gasteiger partial charge in [-0.2, -0.15) is 0 Å². The molecule has 2 rings (SSSR count). The van der Waals surface area contributed by atoms with Crippen molar-refractivity contribution in [1.82, 2.24) is 0 Å². The van der Waals surface area contributed by atoms with E-state index in [1.807, 2.05) is 24.3 Å². The van der Waals surface area contributed by atoms with E-state index in [1.165, 1.54) is 39.2 Å². The highest BCUT2D eigenvalue weighted by molar-refractivity contribution is 5.84. The quantitative estimate of drug-likeness (QED) is 0.798. The molecular formula is C17H26N2O2. The molecular weight excluding hydrogens is 264 g/mol. The average molecular weight is 290 g/mol. The second kappa shape index (κ2) is 6.83. The van der Waals surface area contributed by atoms with E-state index in [4.69, 9.17) is 0 Å². The number of ether oxygens (including phenoxy) is 1. The summed E-state index contributed by atoms with van der Waals surface area (Å²) >= 11 is 0. The summed E-state index contributed by atoms with van der Waals surface area (Å²) in [7, 11) is 1.36. The van der Waals surface area contributed by atoms with Crippen LogP contribution in [0.3, 0.4) is 0 Å². The Morgan fingerprint density at radius 3 is 2.48 bits per heavy atom. The molecule has 1 aliphatic rings. The maximum absolute atomic E-state index is 11.1. The van der Waals surface area contributed by atoms with Crippen LogP contribution in [0, 0.1) is 5.41 Å². The van der Waals surface area contributed by atoms with Gasteiger partial charge in [0.2, 0.25) is 0 Å². The van der Waals surface area contributed by atoms with Crippen molar-refractivity contribution in [3.05, 3.63) is 24.3 Å². The first-order chi connectivity index (χ1) is 9.98. The second-order valence-corrected chi connectivity index (χ2v) is 6.63. The fourth-order valence-electron chi connectivity index (χ4n) is 2.86.